The van der Waals surface area contributed by atoms with Crippen LogP contribution in [-0.4, -0.2) is 15.7 Å². The fraction of sp³-hybridized carbons (Fsp3) is 0.524. The molecule has 0 saturated heterocycles. The van der Waals surface area contributed by atoms with Crippen LogP contribution in [0.5, 0.6) is 0 Å². The number of carbonyl (C=O) groups is 1. The van der Waals surface area contributed by atoms with E-state index in [0.717, 1.165) is 17.8 Å². The second-order valence-corrected chi connectivity index (χ2v) is 7.46. The largest absolute Gasteiger partial charge is 0.350 e. The number of aryl methyl sites for hydroxylation is 3. The van der Waals surface area contributed by atoms with Crippen molar-refractivity contribution in [1.82, 2.24) is 15.1 Å². The maximum absolute atomic E-state index is 12.5. The lowest BCUT2D eigenvalue weighted by molar-refractivity contribution is -0.122. The van der Waals surface area contributed by atoms with Crippen LogP contribution >= 0.6 is 0 Å². The molecule has 0 aliphatic heterocycles. The van der Waals surface area contributed by atoms with Gasteiger partial charge in [-0.15, -0.1) is 0 Å². The molecule has 1 amide bonds. The zero-order valence-corrected chi connectivity index (χ0v) is 16.0. The summed E-state index contributed by atoms with van der Waals surface area (Å²) < 4.78 is 1.98. The lowest BCUT2D eigenvalue weighted by atomic mass is 10.0. The molecule has 2 aromatic rings. The standard InChI is InChI=1S/C21H29N3O/c1-13(24-17(5)14(2)15(3)23-24)11-21(25)22-16(4)19-10-9-18-7-6-8-20(18)12-19/h9-10,12-13,16H,6-8,11H2,1-5H3,(H,22,25)/t13-,16-/m0/s1. The monoisotopic (exact) mass is 339 g/mol. The first-order valence-corrected chi connectivity index (χ1v) is 9.30. The Morgan fingerprint density at radius 3 is 2.60 bits per heavy atom. The van der Waals surface area contributed by atoms with Crippen LogP contribution in [0.2, 0.25) is 0 Å². The Hall–Kier alpha value is -2.10. The highest BCUT2D eigenvalue weighted by Crippen LogP contribution is 2.25. The van der Waals surface area contributed by atoms with Gasteiger partial charge in [-0.3, -0.25) is 9.48 Å². The minimum absolute atomic E-state index is 0.0350. The van der Waals surface area contributed by atoms with Crippen LogP contribution in [0.1, 0.15) is 72.4 Å². The molecule has 4 heteroatoms. The van der Waals surface area contributed by atoms with Gasteiger partial charge in [0.25, 0.3) is 0 Å². The smallest absolute Gasteiger partial charge is 0.222 e. The summed E-state index contributed by atoms with van der Waals surface area (Å²) in [6.45, 7) is 10.3. The second kappa shape index (κ2) is 7.03. The first-order valence-electron chi connectivity index (χ1n) is 9.30. The van der Waals surface area contributed by atoms with Gasteiger partial charge < -0.3 is 5.32 Å². The SMILES string of the molecule is Cc1nn([C@@H](C)CC(=O)N[C@@H](C)c2ccc3c(c2)CCC3)c(C)c1C. The number of nitrogens with one attached hydrogen (secondary N) is 1. The predicted octanol–water partition coefficient (Wildman–Crippen LogP) is 4.13. The summed E-state index contributed by atoms with van der Waals surface area (Å²) in [6, 6.07) is 6.73. The van der Waals surface area contributed by atoms with Gasteiger partial charge in [-0.05, 0) is 76.1 Å². The van der Waals surface area contributed by atoms with Crippen LogP contribution in [0, 0.1) is 20.8 Å². The van der Waals surface area contributed by atoms with Gasteiger partial charge in [0.15, 0.2) is 0 Å². The van der Waals surface area contributed by atoms with Crippen molar-refractivity contribution in [2.45, 2.75) is 72.4 Å². The fourth-order valence-corrected chi connectivity index (χ4v) is 3.77. The zero-order valence-electron chi connectivity index (χ0n) is 16.0. The first kappa shape index (κ1) is 17.7. The molecule has 4 nitrogen and oxygen atoms in total. The Bertz CT molecular complexity index is 791. The zero-order chi connectivity index (χ0) is 18.1. The maximum Gasteiger partial charge on any atom is 0.222 e. The van der Waals surface area contributed by atoms with E-state index in [1.54, 1.807) is 0 Å². The molecule has 1 aromatic heterocycles. The van der Waals surface area contributed by atoms with E-state index in [4.69, 9.17) is 0 Å². The lowest BCUT2D eigenvalue weighted by Crippen LogP contribution is -2.29. The molecule has 0 fully saturated rings. The number of benzene rings is 1. The highest BCUT2D eigenvalue weighted by molar-refractivity contribution is 5.76. The van der Waals surface area contributed by atoms with Crippen molar-refractivity contribution in [1.29, 1.82) is 0 Å². The molecule has 1 aliphatic carbocycles. The third-order valence-electron chi connectivity index (χ3n) is 5.59. The van der Waals surface area contributed by atoms with Crippen molar-refractivity contribution in [2.75, 3.05) is 0 Å². The van der Waals surface area contributed by atoms with E-state index in [2.05, 4.69) is 56.3 Å². The van der Waals surface area contributed by atoms with Crippen LogP contribution in [0.15, 0.2) is 18.2 Å². The highest BCUT2D eigenvalue weighted by atomic mass is 16.1. The highest BCUT2D eigenvalue weighted by Gasteiger charge is 2.19. The van der Waals surface area contributed by atoms with Crippen molar-refractivity contribution >= 4 is 5.91 Å². The Morgan fingerprint density at radius 2 is 1.92 bits per heavy atom. The molecule has 2 atom stereocenters. The molecule has 1 heterocycles. The molecule has 1 N–H and O–H groups in total. The quantitative estimate of drug-likeness (QED) is 0.890. The number of nitrogens with zero attached hydrogens (tertiary/aromatic N) is 2. The molecule has 0 saturated carbocycles. The van der Waals surface area contributed by atoms with Gasteiger partial charge in [-0.25, -0.2) is 0 Å². The van der Waals surface area contributed by atoms with Gasteiger partial charge in [0.1, 0.15) is 0 Å². The Labute approximate surface area is 150 Å². The number of rotatable bonds is 5. The van der Waals surface area contributed by atoms with Crippen molar-refractivity contribution < 1.29 is 4.79 Å². The number of amides is 1. The molecule has 0 unspecified atom stereocenters. The predicted molar refractivity (Wildman–Crippen MR) is 101 cm³/mol. The number of carbonyl (C=O) groups excluding carboxylic acids is 1. The number of hydrogen-bond donors (Lipinski definition) is 1. The van der Waals surface area contributed by atoms with Crippen LogP contribution in [-0.2, 0) is 17.6 Å². The van der Waals surface area contributed by atoms with Crippen LogP contribution in [0.3, 0.4) is 0 Å². The third kappa shape index (κ3) is 3.63. The molecule has 25 heavy (non-hydrogen) atoms. The van der Waals surface area contributed by atoms with Gasteiger partial charge in [0, 0.05) is 12.1 Å². The third-order valence-corrected chi connectivity index (χ3v) is 5.59. The van der Waals surface area contributed by atoms with Crippen molar-refractivity contribution in [3.05, 3.63) is 51.8 Å². The summed E-state index contributed by atoms with van der Waals surface area (Å²) in [4.78, 5) is 12.5. The van der Waals surface area contributed by atoms with E-state index in [1.807, 2.05) is 11.6 Å². The van der Waals surface area contributed by atoms with Crippen LogP contribution < -0.4 is 5.32 Å². The van der Waals surface area contributed by atoms with Gasteiger partial charge >= 0.3 is 0 Å². The normalized spacial score (nSPS) is 15.7. The summed E-state index contributed by atoms with van der Waals surface area (Å²) >= 11 is 0. The summed E-state index contributed by atoms with van der Waals surface area (Å²) in [5, 5.41) is 7.72. The molecule has 0 bridgehead atoms. The van der Waals surface area contributed by atoms with E-state index >= 15 is 0 Å². The molecule has 1 aromatic carbocycles. The molecular formula is C21H29N3O. The maximum atomic E-state index is 12.5. The van der Waals surface area contributed by atoms with Crippen LogP contribution in [0.4, 0.5) is 0 Å². The average Bonchev–Trinajstić information content (AvgIpc) is 3.14. The summed E-state index contributed by atoms with van der Waals surface area (Å²) in [6.07, 6.45) is 4.05. The Morgan fingerprint density at radius 1 is 1.20 bits per heavy atom. The van der Waals surface area contributed by atoms with E-state index in [-0.39, 0.29) is 18.0 Å². The molecular weight excluding hydrogens is 310 g/mol. The van der Waals surface area contributed by atoms with E-state index < -0.39 is 0 Å². The number of aromatic nitrogens is 2. The molecule has 0 spiro atoms. The average molecular weight is 339 g/mol. The lowest BCUT2D eigenvalue weighted by Gasteiger charge is -2.18. The molecule has 134 valence electrons. The number of hydrogen-bond acceptors (Lipinski definition) is 2. The van der Waals surface area contributed by atoms with Crippen molar-refractivity contribution in [3.63, 3.8) is 0 Å². The minimum atomic E-state index is 0.0350. The molecule has 1 aliphatic rings. The van der Waals surface area contributed by atoms with Gasteiger partial charge in [0.2, 0.25) is 5.91 Å². The minimum Gasteiger partial charge on any atom is -0.350 e. The van der Waals surface area contributed by atoms with Gasteiger partial charge in [-0.2, -0.15) is 5.10 Å². The second-order valence-electron chi connectivity index (χ2n) is 7.46. The first-order chi connectivity index (χ1) is 11.9. The Kier molecular flexibility index (Phi) is 4.98. The number of fused-ring (bicyclic) bond motifs is 1. The van der Waals surface area contributed by atoms with Gasteiger partial charge in [-0.1, -0.05) is 18.2 Å². The topological polar surface area (TPSA) is 46.9 Å². The molecule has 3 rings (SSSR count). The van der Waals surface area contributed by atoms with Crippen molar-refractivity contribution in [3.8, 4) is 0 Å². The fourth-order valence-electron chi connectivity index (χ4n) is 3.77. The summed E-state index contributed by atoms with van der Waals surface area (Å²) in [5.74, 6) is 0.0747. The Balaban J connectivity index is 1.62. The van der Waals surface area contributed by atoms with E-state index in [9.17, 15) is 4.79 Å². The van der Waals surface area contributed by atoms with Crippen LogP contribution in [0.25, 0.3) is 0 Å². The van der Waals surface area contributed by atoms with E-state index in [1.165, 1.54) is 35.1 Å². The van der Waals surface area contributed by atoms with E-state index in [0.29, 0.717) is 6.42 Å². The van der Waals surface area contributed by atoms with Crippen molar-refractivity contribution in [2.24, 2.45) is 0 Å². The van der Waals surface area contributed by atoms with Gasteiger partial charge in [0.05, 0.1) is 17.8 Å². The summed E-state index contributed by atoms with van der Waals surface area (Å²) in [7, 11) is 0. The molecule has 0 radical (unpaired) electrons. The summed E-state index contributed by atoms with van der Waals surface area (Å²) in [5.41, 5.74) is 7.50.